The summed E-state index contributed by atoms with van der Waals surface area (Å²) in [5.74, 6) is 3.32. The molecule has 1 saturated heterocycles. The van der Waals surface area contributed by atoms with Crippen LogP contribution in [0.1, 0.15) is 31.7 Å². The monoisotopic (exact) mass is 474 g/mol. The Hall–Kier alpha value is -1.22. The standard InChI is InChI=1S/C19H30N4O2.HI/c1-15-5-3-9-23(13-15)10-4-8-21-19(20-2)22-12-16-6-7-17-18(11-16)25-14-24-17;/h6-7,11,15H,3-5,8-10,12-14H2,1-2H3,(H2,20,21,22);1H. The van der Waals surface area contributed by atoms with Crippen molar-refractivity contribution < 1.29 is 9.47 Å². The molecule has 26 heavy (non-hydrogen) atoms. The average molecular weight is 474 g/mol. The first-order chi connectivity index (χ1) is 12.2. The van der Waals surface area contributed by atoms with E-state index in [0.29, 0.717) is 13.3 Å². The molecule has 3 rings (SSSR count). The number of hydrogen-bond acceptors (Lipinski definition) is 4. The summed E-state index contributed by atoms with van der Waals surface area (Å²) >= 11 is 0. The van der Waals surface area contributed by atoms with Crippen LogP contribution in [0.5, 0.6) is 11.5 Å². The molecule has 6 nitrogen and oxygen atoms in total. The molecule has 0 radical (unpaired) electrons. The van der Waals surface area contributed by atoms with Gasteiger partial charge in [-0.05, 0) is 56.0 Å². The Kier molecular flexibility index (Phi) is 8.77. The van der Waals surface area contributed by atoms with Gasteiger partial charge in [-0.25, -0.2) is 0 Å². The van der Waals surface area contributed by atoms with E-state index in [4.69, 9.17) is 9.47 Å². The number of likely N-dealkylation sites (tertiary alicyclic amines) is 1. The second kappa shape index (κ2) is 10.8. The van der Waals surface area contributed by atoms with E-state index in [2.05, 4.69) is 27.4 Å². The van der Waals surface area contributed by atoms with Crippen LogP contribution < -0.4 is 20.1 Å². The normalized spacial score (nSPS) is 19.8. The van der Waals surface area contributed by atoms with E-state index in [1.54, 1.807) is 7.05 Å². The lowest BCUT2D eigenvalue weighted by Crippen LogP contribution is -2.39. The van der Waals surface area contributed by atoms with Crippen LogP contribution in [0.2, 0.25) is 0 Å². The summed E-state index contributed by atoms with van der Waals surface area (Å²) in [7, 11) is 1.81. The molecule has 146 valence electrons. The van der Waals surface area contributed by atoms with Gasteiger partial charge in [-0.2, -0.15) is 0 Å². The minimum Gasteiger partial charge on any atom is -0.454 e. The molecule has 2 heterocycles. The maximum absolute atomic E-state index is 5.42. The van der Waals surface area contributed by atoms with Gasteiger partial charge in [0.05, 0.1) is 0 Å². The van der Waals surface area contributed by atoms with E-state index in [9.17, 15) is 0 Å². The number of nitrogens with zero attached hydrogens (tertiary/aromatic N) is 2. The highest BCUT2D eigenvalue weighted by atomic mass is 127. The molecule has 0 bridgehead atoms. The van der Waals surface area contributed by atoms with Crippen molar-refractivity contribution in [3.63, 3.8) is 0 Å². The second-order valence-electron chi connectivity index (χ2n) is 6.94. The van der Waals surface area contributed by atoms with Crippen LogP contribution in [0.15, 0.2) is 23.2 Å². The summed E-state index contributed by atoms with van der Waals surface area (Å²) in [6.07, 6.45) is 3.86. The molecule has 1 atom stereocenters. The van der Waals surface area contributed by atoms with Crippen molar-refractivity contribution in [2.75, 3.05) is 40.0 Å². The van der Waals surface area contributed by atoms with E-state index in [1.807, 2.05) is 18.2 Å². The minimum absolute atomic E-state index is 0. The van der Waals surface area contributed by atoms with Crippen molar-refractivity contribution in [1.82, 2.24) is 15.5 Å². The first kappa shape index (κ1) is 21.1. The van der Waals surface area contributed by atoms with E-state index in [0.717, 1.165) is 48.5 Å². The van der Waals surface area contributed by atoms with Crippen LogP contribution in [0, 0.1) is 5.92 Å². The average Bonchev–Trinajstić information content (AvgIpc) is 3.09. The van der Waals surface area contributed by atoms with Crippen LogP contribution in [-0.2, 0) is 6.54 Å². The van der Waals surface area contributed by atoms with Crippen molar-refractivity contribution in [2.24, 2.45) is 10.9 Å². The van der Waals surface area contributed by atoms with Gasteiger partial charge >= 0.3 is 0 Å². The molecule has 0 aromatic heterocycles. The van der Waals surface area contributed by atoms with Gasteiger partial charge in [-0.1, -0.05) is 13.0 Å². The highest BCUT2D eigenvalue weighted by molar-refractivity contribution is 14.0. The molecule has 1 aromatic rings. The van der Waals surface area contributed by atoms with Crippen LogP contribution in [0.3, 0.4) is 0 Å². The van der Waals surface area contributed by atoms with Gasteiger partial charge < -0.3 is 25.0 Å². The lowest BCUT2D eigenvalue weighted by molar-refractivity contribution is 0.174. The number of guanidine groups is 1. The van der Waals surface area contributed by atoms with Crippen LogP contribution >= 0.6 is 24.0 Å². The van der Waals surface area contributed by atoms with Crippen molar-refractivity contribution in [3.8, 4) is 11.5 Å². The summed E-state index contributed by atoms with van der Waals surface area (Å²) in [6.45, 7) is 7.97. The number of aliphatic imine (C=N–C) groups is 1. The molecule has 0 saturated carbocycles. The quantitative estimate of drug-likeness (QED) is 0.288. The highest BCUT2D eigenvalue weighted by Crippen LogP contribution is 2.32. The Morgan fingerprint density at radius 2 is 2.12 bits per heavy atom. The van der Waals surface area contributed by atoms with Crippen molar-refractivity contribution in [2.45, 2.75) is 32.7 Å². The predicted molar refractivity (Wildman–Crippen MR) is 116 cm³/mol. The predicted octanol–water partition coefficient (Wildman–Crippen LogP) is 2.82. The Morgan fingerprint density at radius 3 is 2.92 bits per heavy atom. The number of hydrogen-bond donors (Lipinski definition) is 2. The number of benzene rings is 1. The lowest BCUT2D eigenvalue weighted by Gasteiger charge is -2.30. The molecule has 2 aliphatic heterocycles. The summed E-state index contributed by atoms with van der Waals surface area (Å²) in [5.41, 5.74) is 1.15. The third-order valence-corrected chi connectivity index (χ3v) is 4.81. The third kappa shape index (κ3) is 6.19. The smallest absolute Gasteiger partial charge is 0.231 e. The molecule has 1 fully saturated rings. The fourth-order valence-corrected chi connectivity index (χ4v) is 3.46. The van der Waals surface area contributed by atoms with Crippen LogP contribution in [0.25, 0.3) is 0 Å². The summed E-state index contributed by atoms with van der Waals surface area (Å²) in [5, 5.41) is 6.75. The first-order valence-electron chi connectivity index (χ1n) is 9.30. The maximum atomic E-state index is 5.42. The van der Waals surface area contributed by atoms with Gasteiger partial charge in [0.1, 0.15) is 0 Å². The number of rotatable bonds is 6. The highest BCUT2D eigenvalue weighted by Gasteiger charge is 2.15. The maximum Gasteiger partial charge on any atom is 0.231 e. The first-order valence-corrected chi connectivity index (χ1v) is 9.30. The largest absolute Gasteiger partial charge is 0.454 e. The molecular formula is C19H31IN4O2. The van der Waals surface area contributed by atoms with Crippen molar-refractivity contribution in [1.29, 1.82) is 0 Å². The SMILES string of the molecule is CN=C(NCCCN1CCCC(C)C1)NCc1ccc2c(c1)OCO2.I. The fraction of sp³-hybridized carbons (Fsp3) is 0.632. The van der Waals surface area contributed by atoms with Crippen molar-refractivity contribution >= 4 is 29.9 Å². The van der Waals surface area contributed by atoms with Gasteiger partial charge in [0.15, 0.2) is 17.5 Å². The van der Waals surface area contributed by atoms with Gasteiger partial charge in [-0.15, -0.1) is 24.0 Å². The molecule has 0 amide bonds. The van der Waals surface area contributed by atoms with Gasteiger partial charge in [-0.3, -0.25) is 4.99 Å². The number of fused-ring (bicyclic) bond motifs is 1. The van der Waals surface area contributed by atoms with Gasteiger partial charge in [0.25, 0.3) is 0 Å². The lowest BCUT2D eigenvalue weighted by atomic mass is 10.0. The zero-order valence-electron chi connectivity index (χ0n) is 15.8. The summed E-state index contributed by atoms with van der Waals surface area (Å²) in [6, 6.07) is 6.01. The molecule has 0 spiro atoms. The molecule has 2 N–H and O–H groups in total. The Morgan fingerprint density at radius 1 is 1.27 bits per heavy atom. The Balaban J connectivity index is 0.00000243. The molecule has 0 aliphatic carbocycles. The Bertz CT molecular complexity index is 597. The van der Waals surface area contributed by atoms with E-state index in [1.165, 1.54) is 25.9 Å². The molecule has 1 unspecified atom stereocenters. The second-order valence-corrected chi connectivity index (χ2v) is 6.94. The van der Waals surface area contributed by atoms with E-state index in [-0.39, 0.29) is 24.0 Å². The molecule has 7 heteroatoms. The number of ether oxygens (including phenoxy) is 2. The number of nitrogens with one attached hydrogen (secondary N) is 2. The van der Waals surface area contributed by atoms with Crippen molar-refractivity contribution in [3.05, 3.63) is 23.8 Å². The molecular weight excluding hydrogens is 443 g/mol. The van der Waals surface area contributed by atoms with Gasteiger partial charge in [0, 0.05) is 26.7 Å². The third-order valence-electron chi connectivity index (χ3n) is 4.81. The summed E-state index contributed by atoms with van der Waals surface area (Å²) in [4.78, 5) is 6.88. The zero-order chi connectivity index (χ0) is 17.5. The van der Waals surface area contributed by atoms with Crippen LogP contribution in [0.4, 0.5) is 0 Å². The Labute approximate surface area is 173 Å². The number of piperidine rings is 1. The van der Waals surface area contributed by atoms with E-state index >= 15 is 0 Å². The number of halogens is 1. The van der Waals surface area contributed by atoms with Crippen LogP contribution in [-0.4, -0.2) is 50.9 Å². The van der Waals surface area contributed by atoms with Gasteiger partial charge in [0.2, 0.25) is 6.79 Å². The zero-order valence-corrected chi connectivity index (χ0v) is 18.1. The molecule has 2 aliphatic rings. The fourth-order valence-electron chi connectivity index (χ4n) is 3.46. The van der Waals surface area contributed by atoms with E-state index < -0.39 is 0 Å². The topological polar surface area (TPSA) is 58.1 Å². The minimum atomic E-state index is 0. The summed E-state index contributed by atoms with van der Waals surface area (Å²) < 4.78 is 10.8. The molecule has 1 aromatic carbocycles.